The second-order valence-corrected chi connectivity index (χ2v) is 7.35. The van der Waals surface area contributed by atoms with Crippen LogP contribution in [0.25, 0.3) is 11.3 Å². The van der Waals surface area contributed by atoms with E-state index < -0.39 is 28.5 Å². The minimum Gasteiger partial charge on any atom is -0.443 e. The van der Waals surface area contributed by atoms with Gasteiger partial charge in [0.05, 0.1) is 16.3 Å². The van der Waals surface area contributed by atoms with Gasteiger partial charge in [-0.25, -0.2) is 4.79 Å². The van der Waals surface area contributed by atoms with Gasteiger partial charge in [-0.1, -0.05) is 23.7 Å². The zero-order valence-electron chi connectivity index (χ0n) is 13.0. The average molecular weight is 425 g/mol. The van der Waals surface area contributed by atoms with Crippen molar-refractivity contribution in [1.29, 1.82) is 0 Å². The van der Waals surface area contributed by atoms with Crippen molar-refractivity contribution >= 4 is 33.6 Å². The number of carbonyl (C=O) groups is 1. The molecule has 0 bridgehead atoms. The number of benzene rings is 1. The summed E-state index contributed by atoms with van der Waals surface area (Å²) in [4.78, 5) is 12.3. The molecule has 0 unspecified atom stereocenters. The molecule has 0 aliphatic rings. The Labute approximate surface area is 150 Å². The quantitative estimate of drug-likeness (QED) is 0.532. The van der Waals surface area contributed by atoms with Crippen LogP contribution in [0.4, 0.5) is 18.0 Å². The van der Waals surface area contributed by atoms with Crippen molar-refractivity contribution in [3.63, 3.8) is 0 Å². The van der Waals surface area contributed by atoms with Crippen molar-refractivity contribution in [1.82, 2.24) is 4.57 Å². The Morgan fingerprint density at radius 2 is 1.88 bits per heavy atom. The van der Waals surface area contributed by atoms with Crippen LogP contribution < -0.4 is 0 Å². The molecule has 0 fully saturated rings. The fraction of sp³-hybridized carbons (Fsp3) is 0.312. The van der Waals surface area contributed by atoms with Gasteiger partial charge in [0.15, 0.2) is 0 Å². The van der Waals surface area contributed by atoms with Crippen molar-refractivity contribution < 1.29 is 22.7 Å². The molecule has 0 saturated heterocycles. The maximum atomic E-state index is 13.0. The van der Waals surface area contributed by atoms with E-state index in [1.165, 1.54) is 24.4 Å². The lowest BCUT2D eigenvalue weighted by Crippen LogP contribution is -2.27. The Kier molecular flexibility index (Phi) is 5.06. The predicted octanol–water partition coefficient (Wildman–Crippen LogP) is 6.37. The highest BCUT2D eigenvalue weighted by Gasteiger charge is 2.34. The zero-order valence-corrected chi connectivity index (χ0v) is 15.4. The minimum atomic E-state index is -4.59. The first kappa shape index (κ1) is 18.9. The number of rotatable bonds is 1. The number of halogens is 5. The zero-order chi connectivity index (χ0) is 18.3. The maximum absolute atomic E-state index is 13.0. The van der Waals surface area contributed by atoms with E-state index >= 15 is 0 Å². The number of nitrogens with zero attached hydrogens (tertiary/aromatic N) is 1. The average Bonchev–Trinajstić information content (AvgIpc) is 2.77. The number of aromatic nitrogens is 1. The molecule has 2 aromatic rings. The Bertz CT molecular complexity index is 779. The summed E-state index contributed by atoms with van der Waals surface area (Å²) < 4.78 is 46.0. The fourth-order valence-electron chi connectivity index (χ4n) is 2.05. The van der Waals surface area contributed by atoms with Crippen LogP contribution >= 0.6 is 27.5 Å². The molecule has 24 heavy (non-hydrogen) atoms. The number of carbonyl (C=O) groups excluding carboxylic acids is 1. The summed E-state index contributed by atoms with van der Waals surface area (Å²) in [7, 11) is 0. The van der Waals surface area contributed by atoms with E-state index in [1.54, 1.807) is 20.8 Å². The molecule has 1 aromatic carbocycles. The first-order chi connectivity index (χ1) is 10.9. The van der Waals surface area contributed by atoms with Crippen molar-refractivity contribution in [2.24, 2.45) is 0 Å². The van der Waals surface area contributed by atoms with Gasteiger partial charge in [0.1, 0.15) is 5.60 Å². The van der Waals surface area contributed by atoms with Gasteiger partial charge in [0.2, 0.25) is 0 Å². The third-order valence-corrected chi connectivity index (χ3v) is 3.80. The molecule has 0 atom stereocenters. The third kappa shape index (κ3) is 4.13. The summed E-state index contributed by atoms with van der Waals surface area (Å²) in [6, 6.07) is 5.05. The second kappa shape index (κ2) is 6.44. The van der Waals surface area contributed by atoms with E-state index in [4.69, 9.17) is 16.3 Å². The van der Waals surface area contributed by atoms with Gasteiger partial charge in [-0.05, 0) is 48.8 Å². The number of hydrogen-bond donors (Lipinski definition) is 0. The molecule has 2 rings (SSSR count). The Hall–Kier alpha value is -1.47. The molecule has 1 aromatic heterocycles. The van der Waals surface area contributed by atoms with Crippen LogP contribution in [-0.4, -0.2) is 16.3 Å². The molecule has 0 saturated carbocycles. The van der Waals surface area contributed by atoms with Gasteiger partial charge in [-0.3, -0.25) is 4.57 Å². The number of hydrogen-bond acceptors (Lipinski definition) is 2. The first-order valence-corrected chi connectivity index (χ1v) is 8.04. The SMILES string of the molecule is CC(C)(C)OC(=O)n1cc(Br)cc1-c1cccc(C(F)(F)F)c1Cl. The third-order valence-electron chi connectivity index (χ3n) is 2.96. The molecule has 0 amide bonds. The van der Waals surface area contributed by atoms with Crippen LogP contribution in [0.1, 0.15) is 26.3 Å². The molecule has 0 spiro atoms. The Balaban J connectivity index is 2.57. The molecule has 0 N–H and O–H groups in total. The lowest BCUT2D eigenvalue weighted by Gasteiger charge is -2.21. The van der Waals surface area contributed by atoms with Crippen molar-refractivity contribution in [2.45, 2.75) is 32.5 Å². The standard InChI is InChI=1S/C16H14BrClF3NO2/c1-15(2,3)24-14(23)22-8-9(17)7-12(22)10-5-4-6-11(13(10)18)16(19,20)21/h4-8H,1-3H3. The van der Waals surface area contributed by atoms with Gasteiger partial charge >= 0.3 is 12.3 Å². The Morgan fingerprint density at radius 3 is 2.42 bits per heavy atom. The van der Waals surface area contributed by atoms with E-state index in [2.05, 4.69) is 15.9 Å². The smallest absolute Gasteiger partial charge is 0.419 e. The fourth-order valence-corrected chi connectivity index (χ4v) is 2.80. The largest absolute Gasteiger partial charge is 0.443 e. The first-order valence-electron chi connectivity index (χ1n) is 6.87. The molecule has 1 heterocycles. The van der Waals surface area contributed by atoms with E-state index in [0.29, 0.717) is 4.47 Å². The van der Waals surface area contributed by atoms with Gasteiger partial charge in [0.25, 0.3) is 0 Å². The number of ether oxygens (including phenoxy) is 1. The number of alkyl halides is 3. The molecule has 0 aliphatic heterocycles. The van der Waals surface area contributed by atoms with Crippen LogP contribution in [0.2, 0.25) is 5.02 Å². The van der Waals surface area contributed by atoms with Crippen LogP contribution in [0.15, 0.2) is 34.9 Å². The summed E-state index contributed by atoms with van der Waals surface area (Å²) >= 11 is 9.16. The molecule has 0 radical (unpaired) electrons. The van der Waals surface area contributed by atoms with Crippen LogP contribution in [-0.2, 0) is 10.9 Å². The van der Waals surface area contributed by atoms with Crippen molar-refractivity contribution in [3.05, 3.63) is 45.5 Å². The highest BCUT2D eigenvalue weighted by Crippen LogP contribution is 2.40. The topological polar surface area (TPSA) is 31.2 Å². The van der Waals surface area contributed by atoms with E-state index in [1.807, 2.05) is 0 Å². The van der Waals surface area contributed by atoms with E-state index in [0.717, 1.165) is 10.6 Å². The monoisotopic (exact) mass is 423 g/mol. The summed E-state index contributed by atoms with van der Waals surface area (Å²) in [5.41, 5.74) is -1.42. The summed E-state index contributed by atoms with van der Waals surface area (Å²) in [6.07, 6.45) is -3.88. The molecule has 8 heteroatoms. The van der Waals surface area contributed by atoms with E-state index in [9.17, 15) is 18.0 Å². The normalized spacial score (nSPS) is 12.3. The maximum Gasteiger partial charge on any atom is 0.419 e. The van der Waals surface area contributed by atoms with Crippen LogP contribution in [0.5, 0.6) is 0 Å². The summed E-state index contributed by atoms with van der Waals surface area (Å²) in [6.45, 7) is 5.08. The molecule has 0 aliphatic carbocycles. The molecular formula is C16H14BrClF3NO2. The Morgan fingerprint density at radius 1 is 1.25 bits per heavy atom. The highest BCUT2D eigenvalue weighted by molar-refractivity contribution is 9.10. The van der Waals surface area contributed by atoms with Gasteiger partial charge in [-0.15, -0.1) is 0 Å². The molecular weight excluding hydrogens is 411 g/mol. The second-order valence-electron chi connectivity index (χ2n) is 6.06. The molecule has 3 nitrogen and oxygen atoms in total. The lowest BCUT2D eigenvalue weighted by atomic mass is 10.1. The van der Waals surface area contributed by atoms with Crippen molar-refractivity contribution in [3.8, 4) is 11.3 Å². The van der Waals surface area contributed by atoms with Gasteiger partial charge in [-0.2, -0.15) is 13.2 Å². The van der Waals surface area contributed by atoms with Gasteiger partial charge in [0, 0.05) is 16.2 Å². The summed E-state index contributed by atoms with van der Waals surface area (Å²) in [5.74, 6) is 0. The highest BCUT2D eigenvalue weighted by atomic mass is 79.9. The van der Waals surface area contributed by atoms with Gasteiger partial charge < -0.3 is 4.74 Å². The van der Waals surface area contributed by atoms with Crippen LogP contribution in [0.3, 0.4) is 0 Å². The lowest BCUT2D eigenvalue weighted by molar-refractivity contribution is -0.137. The van der Waals surface area contributed by atoms with Crippen LogP contribution in [0, 0.1) is 0 Å². The molecule has 130 valence electrons. The minimum absolute atomic E-state index is 0.0862. The van der Waals surface area contributed by atoms with E-state index in [-0.39, 0.29) is 11.3 Å². The predicted molar refractivity (Wildman–Crippen MR) is 89.2 cm³/mol. The summed E-state index contributed by atoms with van der Waals surface area (Å²) in [5, 5.41) is -0.472. The van der Waals surface area contributed by atoms with Crippen molar-refractivity contribution in [2.75, 3.05) is 0 Å².